The Labute approximate surface area is 133 Å². The molecule has 0 aromatic rings. The Morgan fingerprint density at radius 3 is 2.82 bits per heavy atom. The Bertz CT molecular complexity index is 389. The number of amides is 1. The molecular weight excluding hydrogens is 280 g/mol. The maximum Gasteiger partial charge on any atom is 0.225 e. The fourth-order valence-electron chi connectivity index (χ4n) is 4.66. The third-order valence-corrected chi connectivity index (χ3v) is 5.91. The smallest absolute Gasteiger partial charge is 0.225 e. The SMILES string of the molecule is CCO[C@@H]1C[C@@H](N(C)C(=O)C[C@H]2CNCCO2)C12CCCC2. The van der Waals surface area contributed by atoms with E-state index >= 15 is 0 Å². The van der Waals surface area contributed by atoms with Gasteiger partial charge >= 0.3 is 0 Å². The van der Waals surface area contributed by atoms with Gasteiger partial charge in [0, 0.05) is 38.2 Å². The molecule has 1 heterocycles. The molecule has 3 rings (SSSR count). The molecule has 0 aromatic heterocycles. The second-order valence-electron chi connectivity index (χ2n) is 7.04. The summed E-state index contributed by atoms with van der Waals surface area (Å²) in [5.41, 5.74) is 0.228. The van der Waals surface area contributed by atoms with Crippen molar-refractivity contribution < 1.29 is 14.3 Å². The summed E-state index contributed by atoms with van der Waals surface area (Å²) in [5.74, 6) is 0.222. The zero-order chi connectivity index (χ0) is 15.6. The van der Waals surface area contributed by atoms with E-state index in [1.54, 1.807) is 0 Å². The highest BCUT2D eigenvalue weighted by Crippen LogP contribution is 2.56. The Morgan fingerprint density at radius 2 is 2.18 bits per heavy atom. The highest BCUT2D eigenvalue weighted by molar-refractivity contribution is 5.77. The number of hydrogen-bond acceptors (Lipinski definition) is 4. The van der Waals surface area contributed by atoms with Crippen LogP contribution in [-0.2, 0) is 14.3 Å². The molecule has 1 amide bonds. The lowest BCUT2D eigenvalue weighted by Gasteiger charge is -2.57. The van der Waals surface area contributed by atoms with Gasteiger partial charge in [-0.05, 0) is 26.2 Å². The molecule has 126 valence electrons. The Balaban J connectivity index is 1.59. The first-order valence-corrected chi connectivity index (χ1v) is 8.87. The molecule has 22 heavy (non-hydrogen) atoms. The molecule has 1 N–H and O–H groups in total. The summed E-state index contributed by atoms with van der Waals surface area (Å²) in [6, 6.07) is 0.357. The Morgan fingerprint density at radius 1 is 1.41 bits per heavy atom. The summed E-state index contributed by atoms with van der Waals surface area (Å²) >= 11 is 0. The van der Waals surface area contributed by atoms with Crippen LogP contribution in [0.5, 0.6) is 0 Å². The summed E-state index contributed by atoms with van der Waals surface area (Å²) in [6.07, 6.45) is 6.85. The molecule has 0 aromatic carbocycles. The van der Waals surface area contributed by atoms with Crippen molar-refractivity contribution in [1.29, 1.82) is 0 Å². The third-order valence-electron chi connectivity index (χ3n) is 5.91. The lowest BCUT2D eigenvalue weighted by Crippen LogP contribution is -2.64. The monoisotopic (exact) mass is 310 g/mol. The molecule has 2 saturated carbocycles. The first kappa shape index (κ1) is 16.2. The summed E-state index contributed by atoms with van der Waals surface area (Å²) in [4.78, 5) is 14.6. The lowest BCUT2D eigenvalue weighted by atomic mass is 9.60. The van der Waals surface area contributed by atoms with Crippen LogP contribution in [0.2, 0.25) is 0 Å². The quantitative estimate of drug-likeness (QED) is 0.837. The number of carbonyl (C=O) groups excluding carboxylic acids is 1. The van der Waals surface area contributed by atoms with Crippen molar-refractivity contribution in [3.63, 3.8) is 0 Å². The van der Waals surface area contributed by atoms with Crippen LogP contribution in [0.4, 0.5) is 0 Å². The highest BCUT2D eigenvalue weighted by atomic mass is 16.5. The van der Waals surface area contributed by atoms with Crippen LogP contribution >= 0.6 is 0 Å². The van der Waals surface area contributed by atoms with E-state index in [0.29, 0.717) is 25.2 Å². The van der Waals surface area contributed by atoms with Crippen molar-refractivity contribution in [3.05, 3.63) is 0 Å². The number of ether oxygens (including phenoxy) is 2. The van der Waals surface area contributed by atoms with E-state index in [-0.39, 0.29) is 17.4 Å². The Hall–Kier alpha value is -0.650. The standard InChI is InChI=1S/C17H30N2O3/c1-3-21-15-11-14(17(15)6-4-5-7-17)19(2)16(20)10-13-12-18-8-9-22-13/h13-15,18H,3-12H2,1-2H3/t13-,14+,15+/m0/s1. The molecule has 1 saturated heterocycles. The van der Waals surface area contributed by atoms with Crippen LogP contribution in [0.3, 0.4) is 0 Å². The summed E-state index contributed by atoms with van der Waals surface area (Å²) in [6.45, 7) is 5.23. The van der Waals surface area contributed by atoms with Gasteiger partial charge in [0.05, 0.1) is 25.2 Å². The molecule has 1 aliphatic heterocycles. The van der Waals surface area contributed by atoms with Gasteiger partial charge in [-0.3, -0.25) is 4.79 Å². The van der Waals surface area contributed by atoms with Crippen molar-refractivity contribution in [3.8, 4) is 0 Å². The van der Waals surface area contributed by atoms with Crippen LogP contribution in [0, 0.1) is 5.41 Å². The number of nitrogens with one attached hydrogen (secondary N) is 1. The van der Waals surface area contributed by atoms with Crippen molar-refractivity contribution in [2.45, 2.75) is 63.7 Å². The summed E-state index contributed by atoms with van der Waals surface area (Å²) < 4.78 is 11.6. The maximum atomic E-state index is 12.6. The first-order valence-electron chi connectivity index (χ1n) is 8.87. The molecule has 3 fully saturated rings. The number of carbonyl (C=O) groups is 1. The minimum atomic E-state index is 0.0333. The molecule has 0 radical (unpaired) electrons. The van der Waals surface area contributed by atoms with Gasteiger partial charge in [-0.25, -0.2) is 0 Å². The van der Waals surface area contributed by atoms with Gasteiger partial charge < -0.3 is 19.7 Å². The van der Waals surface area contributed by atoms with Crippen molar-refractivity contribution in [2.75, 3.05) is 33.4 Å². The van der Waals surface area contributed by atoms with Gasteiger partial charge in [0.2, 0.25) is 5.91 Å². The minimum Gasteiger partial charge on any atom is -0.378 e. The normalized spacial score (nSPS) is 33.6. The largest absolute Gasteiger partial charge is 0.378 e. The van der Waals surface area contributed by atoms with Gasteiger partial charge in [0.25, 0.3) is 0 Å². The highest BCUT2D eigenvalue weighted by Gasteiger charge is 2.58. The van der Waals surface area contributed by atoms with E-state index in [1.165, 1.54) is 25.7 Å². The molecule has 0 bridgehead atoms. The lowest BCUT2D eigenvalue weighted by molar-refractivity contribution is -0.174. The maximum absolute atomic E-state index is 12.6. The van der Waals surface area contributed by atoms with Crippen LogP contribution in [0.1, 0.15) is 45.4 Å². The summed E-state index contributed by atoms with van der Waals surface area (Å²) in [5, 5.41) is 3.29. The Kier molecular flexibility index (Phi) is 5.05. The fourth-order valence-corrected chi connectivity index (χ4v) is 4.66. The molecular formula is C17H30N2O3. The molecule has 3 aliphatic rings. The molecule has 0 unspecified atom stereocenters. The molecule has 5 nitrogen and oxygen atoms in total. The predicted octanol–water partition coefficient (Wildman–Crippen LogP) is 1.56. The molecule has 5 heteroatoms. The van der Waals surface area contributed by atoms with Crippen LogP contribution < -0.4 is 5.32 Å². The van der Waals surface area contributed by atoms with E-state index in [1.807, 2.05) is 11.9 Å². The van der Waals surface area contributed by atoms with E-state index in [0.717, 1.165) is 26.1 Å². The van der Waals surface area contributed by atoms with Crippen molar-refractivity contribution >= 4 is 5.91 Å². The average Bonchev–Trinajstić information content (AvgIpc) is 3.04. The van der Waals surface area contributed by atoms with Crippen molar-refractivity contribution in [1.82, 2.24) is 10.2 Å². The number of morpholine rings is 1. The van der Waals surface area contributed by atoms with Crippen LogP contribution in [-0.4, -0.2) is 62.4 Å². The first-order chi connectivity index (χ1) is 10.7. The predicted molar refractivity (Wildman–Crippen MR) is 84.7 cm³/mol. The van der Waals surface area contributed by atoms with Crippen LogP contribution in [0.15, 0.2) is 0 Å². The van der Waals surface area contributed by atoms with E-state index in [9.17, 15) is 4.79 Å². The molecule has 3 atom stereocenters. The van der Waals surface area contributed by atoms with E-state index in [4.69, 9.17) is 9.47 Å². The van der Waals surface area contributed by atoms with E-state index < -0.39 is 0 Å². The van der Waals surface area contributed by atoms with Crippen LogP contribution in [0.25, 0.3) is 0 Å². The number of hydrogen-bond donors (Lipinski definition) is 1. The number of rotatable bonds is 5. The average molecular weight is 310 g/mol. The van der Waals surface area contributed by atoms with E-state index in [2.05, 4.69) is 12.2 Å². The zero-order valence-electron chi connectivity index (χ0n) is 14.0. The topological polar surface area (TPSA) is 50.8 Å². The second-order valence-corrected chi connectivity index (χ2v) is 7.04. The number of nitrogens with zero attached hydrogens (tertiary/aromatic N) is 1. The van der Waals surface area contributed by atoms with Gasteiger partial charge in [0.15, 0.2) is 0 Å². The van der Waals surface area contributed by atoms with Gasteiger partial charge in [-0.1, -0.05) is 12.8 Å². The fraction of sp³-hybridized carbons (Fsp3) is 0.941. The second kappa shape index (κ2) is 6.85. The van der Waals surface area contributed by atoms with Gasteiger partial charge in [0.1, 0.15) is 0 Å². The summed E-state index contributed by atoms with van der Waals surface area (Å²) in [7, 11) is 1.98. The molecule has 1 spiro atoms. The van der Waals surface area contributed by atoms with Gasteiger partial charge in [-0.15, -0.1) is 0 Å². The minimum absolute atomic E-state index is 0.0333. The zero-order valence-corrected chi connectivity index (χ0v) is 14.0. The molecule has 2 aliphatic carbocycles. The van der Waals surface area contributed by atoms with Gasteiger partial charge in [-0.2, -0.15) is 0 Å². The van der Waals surface area contributed by atoms with Crippen molar-refractivity contribution in [2.24, 2.45) is 5.41 Å². The third kappa shape index (κ3) is 2.91.